The molecule has 0 aliphatic carbocycles. The maximum atomic E-state index is 13.0. The van der Waals surface area contributed by atoms with Gasteiger partial charge in [-0.1, -0.05) is 11.6 Å². The first-order valence-corrected chi connectivity index (χ1v) is 11.3. The van der Waals surface area contributed by atoms with Gasteiger partial charge in [0.25, 0.3) is 5.56 Å². The summed E-state index contributed by atoms with van der Waals surface area (Å²) in [6.45, 7) is 1.26. The highest BCUT2D eigenvalue weighted by atomic mass is 35.5. The lowest BCUT2D eigenvalue weighted by atomic mass is 10.3. The molecule has 1 unspecified atom stereocenters. The summed E-state index contributed by atoms with van der Waals surface area (Å²) in [5.74, 6) is 1.17. The van der Waals surface area contributed by atoms with Crippen molar-refractivity contribution in [3.8, 4) is 17.2 Å². The highest BCUT2D eigenvalue weighted by Gasteiger charge is 2.27. The van der Waals surface area contributed by atoms with E-state index in [0.29, 0.717) is 48.4 Å². The van der Waals surface area contributed by atoms with Crippen LogP contribution in [0.3, 0.4) is 0 Å². The van der Waals surface area contributed by atoms with Crippen LogP contribution in [0.4, 0.5) is 10.1 Å². The van der Waals surface area contributed by atoms with E-state index in [1.165, 1.54) is 35.1 Å². The Morgan fingerprint density at radius 1 is 1.23 bits per heavy atom. The fourth-order valence-electron chi connectivity index (χ4n) is 3.01. The predicted molar refractivity (Wildman–Crippen MR) is 117 cm³/mol. The lowest BCUT2D eigenvalue weighted by Gasteiger charge is -2.26. The first-order chi connectivity index (χ1) is 15.0. The van der Waals surface area contributed by atoms with Crippen LogP contribution in [0.15, 0.2) is 59.5 Å². The second kappa shape index (κ2) is 9.69. The van der Waals surface area contributed by atoms with Crippen molar-refractivity contribution in [2.45, 2.75) is 5.25 Å². The summed E-state index contributed by atoms with van der Waals surface area (Å²) in [6, 6.07) is 12.3. The van der Waals surface area contributed by atoms with Crippen LogP contribution < -0.4 is 15.6 Å². The summed E-state index contributed by atoms with van der Waals surface area (Å²) in [7, 11) is 0. The largest absolute Gasteiger partial charge is 0.616 e. The molecule has 2 aromatic carbocycles. The molecule has 0 bridgehead atoms. The molecule has 162 valence electrons. The predicted octanol–water partition coefficient (Wildman–Crippen LogP) is 3.38. The zero-order chi connectivity index (χ0) is 21.8. The van der Waals surface area contributed by atoms with Crippen molar-refractivity contribution in [1.29, 1.82) is 0 Å². The van der Waals surface area contributed by atoms with E-state index in [1.54, 1.807) is 24.3 Å². The van der Waals surface area contributed by atoms with Gasteiger partial charge in [0.1, 0.15) is 28.1 Å². The van der Waals surface area contributed by atoms with Crippen LogP contribution in [0.25, 0.3) is 5.69 Å². The summed E-state index contributed by atoms with van der Waals surface area (Å²) in [5.41, 5.74) is 0.397. The van der Waals surface area contributed by atoms with Crippen LogP contribution >= 0.6 is 11.6 Å². The molecule has 2 heterocycles. The van der Waals surface area contributed by atoms with Crippen molar-refractivity contribution in [3.05, 3.63) is 75.9 Å². The fraction of sp³-hybridized carbons (Fsp3) is 0.238. The quantitative estimate of drug-likeness (QED) is 0.564. The third kappa shape index (κ3) is 5.19. The molecule has 0 spiro atoms. The summed E-state index contributed by atoms with van der Waals surface area (Å²) in [4.78, 5) is 12.7. The minimum Gasteiger partial charge on any atom is -0.616 e. The van der Waals surface area contributed by atoms with E-state index in [2.05, 4.69) is 10.4 Å². The topological polar surface area (TPSA) is 88.4 Å². The van der Waals surface area contributed by atoms with E-state index in [0.717, 1.165) is 0 Å². The third-order valence-electron chi connectivity index (χ3n) is 4.67. The van der Waals surface area contributed by atoms with E-state index < -0.39 is 16.7 Å². The number of aromatic nitrogens is 2. The second-order valence-corrected chi connectivity index (χ2v) is 9.02. The molecule has 1 saturated heterocycles. The van der Waals surface area contributed by atoms with E-state index in [4.69, 9.17) is 21.1 Å². The fourth-order valence-corrected chi connectivity index (χ4v) is 4.34. The molecule has 4 rings (SSSR count). The van der Waals surface area contributed by atoms with Crippen molar-refractivity contribution in [2.24, 2.45) is 0 Å². The van der Waals surface area contributed by atoms with Crippen LogP contribution in [0.5, 0.6) is 11.5 Å². The zero-order valence-electron chi connectivity index (χ0n) is 16.3. The number of hydrogen-bond acceptors (Lipinski definition) is 6. The SMILES string of the molecule is O=c1c(Cl)c(NCC2COCC[S@@+]2[O-])cnn1-c1ccc(Oc2ccc(F)cc2)cc1. The van der Waals surface area contributed by atoms with Gasteiger partial charge in [0.05, 0.1) is 37.3 Å². The number of nitrogens with zero attached hydrogens (tertiary/aromatic N) is 2. The number of anilines is 1. The maximum Gasteiger partial charge on any atom is 0.292 e. The standard InChI is InChI=1S/C21H19ClFN3O4S/c22-20-19(24-11-18-13-29-9-10-31(18)28)12-25-26(21(20)27)15-3-7-17(8-4-15)30-16-5-1-14(23)2-6-16/h1-8,12,18,24H,9-11,13H2/t18?,31-/m1/s1. The van der Waals surface area contributed by atoms with Crippen LogP contribution in [-0.4, -0.2) is 45.1 Å². The molecular formula is C21H19ClFN3O4S. The maximum absolute atomic E-state index is 13.0. The molecule has 0 radical (unpaired) electrons. The smallest absolute Gasteiger partial charge is 0.292 e. The van der Waals surface area contributed by atoms with Crippen LogP contribution in [0, 0.1) is 5.82 Å². The number of benzene rings is 2. The Balaban J connectivity index is 1.46. The van der Waals surface area contributed by atoms with E-state index in [1.807, 2.05) is 0 Å². The lowest BCUT2D eigenvalue weighted by Crippen LogP contribution is -2.40. The Kier molecular flexibility index (Phi) is 6.77. The molecule has 0 amide bonds. The average molecular weight is 464 g/mol. The van der Waals surface area contributed by atoms with Gasteiger partial charge in [-0.15, -0.1) is 0 Å². The Hall–Kier alpha value is -2.59. The van der Waals surface area contributed by atoms with Gasteiger partial charge in [-0.25, -0.2) is 4.39 Å². The number of halogens is 2. The van der Waals surface area contributed by atoms with Crippen LogP contribution in [0.2, 0.25) is 5.02 Å². The highest BCUT2D eigenvalue weighted by molar-refractivity contribution is 7.92. The van der Waals surface area contributed by atoms with Crippen molar-refractivity contribution >= 4 is 28.5 Å². The van der Waals surface area contributed by atoms with Gasteiger partial charge >= 0.3 is 0 Å². The van der Waals surface area contributed by atoms with Gasteiger partial charge in [0.2, 0.25) is 0 Å². The second-order valence-electron chi connectivity index (χ2n) is 6.80. The molecular weight excluding hydrogens is 445 g/mol. The zero-order valence-corrected chi connectivity index (χ0v) is 17.9. The van der Waals surface area contributed by atoms with Crippen molar-refractivity contribution in [1.82, 2.24) is 9.78 Å². The summed E-state index contributed by atoms with van der Waals surface area (Å²) >= 11 is 5.27. The molecule has 2 atom stereocenters. The molecule has 3 aromatic rings. The molecule has 1 fully saturated rings. The summed E-state index contributed by atoms with van der Waals surface area (Å²) in [6.07, 6.45) is 1.46. The number of nitrogens with one attached hydrogen (secondary N) is 1. The number of ether oxygens (including phenoxy) is 2. The minimum absolute atomic E-state index is 0.0100. The highest BCUT2D eigenvalue weighted by Crippen LogP contribution is 2.23. The molecule has 0 saturated carbocycles. The van der Waals surface area contributed by atoms with E-state index in [9.17, 15) is 13.7 Å². The van der Waals surface area contributed by atoms with Crippen LogP contribution in [-0.2, 0) is 15.9 Å². The Labute approximate surface area is 185 Å². The Morgan fingerprint density at radius 3 is 2.58 bits per heavy atom. The third-order valence-corrected chi connectivity index (χ3v) is 6.65. The van der Waals surface area contributed by atoms with Crippen molar-refractivity contribution in [2.75, 3.05) is 30.8 Å². The van der Waals surface area contributed by atoms with Crippen molar-refractivity contribution in [3.63, 3.8) is 0 Å². The molecule has 31 heavy (non-hydrogen) atoms. The Morgan fingerprint density at radius 2 is 1.90 bits per heavy atom. The molecule has 1 aliphatic heterocycles. The first-order valence-electron chi connectivity index (χ1n) is 9.52. The number of hydrogen-bond donors (Lipinski definition) is 1. The molecule has 10 heteroatoms. The molecule has 7 nitrogen and oxygen atoms in total. The summed E-state index contributed by atoms with van der Waals surface area (Å²) in [5, 5.41) is 7.05. The Bertz CT molecular complexity index is 1100. The summed E-state index contributed by atoms with van der Waals surface area (Å²) < 4.78 is 37.2. The average Bonchev–Trinajstić information content (AvgIpc) is 2.78. The van der Waals surface area contributed by atoms with Gasteiger partial charge in [0, 0.05) is 0 Å². The van der Waals surface area contributed by atoms with Crippen LogP contribution in [0.1, 0.15) is 0 Å². The van der Waals surface area contributed by atoms with Gasteiger partial charge in [-0.05, 0) is 59.7 Å². The van der Waals surface area contributed by atoms with E-state index in [-0.39, 0.29) is 16.1 Å². The number of rotatable bonds is 6. The van der Waals surface area contributed by atoms with Crippen molar-refractivity contribution < 1.29 is 18.4 Å². The minimum atomic E-state index is -0.981. The van der Waals surface area contributed by atoms with Gasteiger partial charge in [-0.2, -0.15) is 9.78 Å². The van der Waals surface area contributed by atoms with Gasteiger partial charge in [-0.3, -0.25) is 4.79 Å². The van der Waals surface area contributed by atoms with Gasteiger partial charge < -0.3 is 19.3 Å². The lowest BCUT2D eigenvalue weighted by molar-refractivity contribution is 0.139. The molecule has 1 N–H and O–H groups in total. The molecule has 1 aliphatic rings. The van der Waals surface area contributed by atoms with E-state index >= 15 is 0 Å². The van der Waals surface area contributed by atoms with Gasteiger partial charge in [0.15, 0.2) is 5.25 Å². The monoisotopic (exact) mass is 463 g/mol. The first kappa shape index (κ1) is 21.6. The molecule has 1 aromatic heterocycles. The normalized spacial score (nSPS) is 18.5.